The molecule has 218 valence electrons. The van der Waals surface area contributed by atoms with Gasteiger partial charge in [0.15, 0.2) is 0 Å². The molecule has 5 aromatic rings. The first kappa shape index (κ1) is 30.8. The van der Waals surface area contributed by atoms with E-state index < -0.39 is 0 Å². The minimum absolute atomic E-state index is 0.221. The fourth-order valence-electron chi connectivity index (χ4n) is 4.09. The average molecular weight is 587 g/mol. The van der Waals surface area contributed by atoms with Gasteiger partial charge in [-0.15, -0.1) is 0 Å². The van der Waals surface area contributed by atoms with Gasteiger partial charge in [0.05, 0.1) is 29.8 Å². The summed E-state index contributed by atoms with van der Waals surface area (Å²) in [6.07, 6.45) is 10.1. The highest BCUT2D eigenvalue weighted by molar-refractivity contribution is 6.32. The van der Waals surface area contributed by atoms with Crippen LogP contribution < -0.4 is 10.1 Å². The maximum Gasteiger partial charge on any atom is 0.141 e. The van der Waals surface area contributed by atoms with Gasteiger partial charge in [-0.2, -0.15) is 0 Å². The monoisotopic (exact) mass is 586 g/mol. The molecule has 1 atom stereocenters. The summed E-state index contributed by atoms with van der Waals surface area (Å²) in [6.45, 7) is 9.92. The van der Waals surface area contributed by atoms with Crippen molar-refractivity contribution in [2.45, 2.75) is 47.0 Å². The molecule has 1 unspecified atom stereocenters. The molecule has 1 fully saturated rings. The maximum atomic E-state index is 13.4. The minimum atomic E-state index is -0.299. The zero-order valence-corrected chi connectivity index (χ0v) is 25.1. The lowest BCUT2D eigenvalue weighted by Gasteiger charge is -2.12. The Morgan fingerprint density at radius 3 is 2.55 bits per heavy atom. The van der Waals surface area contributed by atoms with Gasteiger partial charge in [-0.05, 0) is 79.1 Å². The van der Waals surface area contributed by atoms with E-state index in [-0.39, 0.29) is 12.4 Å². The minimum Gasteiger partial charge on any atom is -0.487 e. The average Bonchev–Trinajstić information content (AvgIpc) is 3.71. The number of epoxide rings is 1. The van der Waals surface area contributed by atoms with Gasteiger partial charge in [0, 0.05) is 23.5 Å². The predicted molar refractivity (Wildman–Crippen MR) is 170 cm³/mol. The normalized spacial score (nSPS) is 13.6. The number of rotatable bonds is 8. The number of hydrogen-bond acceptors (Lipinski definition) is 5. The molecule has 0 aliphatic carbocycles. The number of nitrogens with zero attached hydrogens (tertiary/aromatic N) is 3. The topological polar surface area (TPSA) is 64.5 Å². The molecule has 1 N–H and O–H groups in total. The number of halogens is 2. The van der Waals surface area contributed by atoms with E-state index in [2.05, 4.69) is 50.4 Å². The standard InChI is InChI=1S/C28H22ClFN4O2.C4H8.C2H6/c29-25-12-22(5-7-27(25)36-15-18-2-1-3-21(30)10-18)33-28-24-11-19(4-6-26(24)31-17-32-28)20-8-9-34(13-20)14-23-16-35-23;1-3-4-2;1-2/h1-13,17,23H,14-16H2,(H,31,32,33);3-4H,1-2H3;1-2H3. The molecule has 0 saturated carbocycles. The zero-order chi connectivity index (χ0) is 29.9. The predicted octanol–water partition coefficient (Wildman–Crippen LogP) is 9.22. The highest BCUT2D eigenvalue weighted by atomic mass is 35.5. The van der Waals surface area contributed by atoms with Crippen LogP contribution in [0.3, 0.4) is 0 Å². The number of hydrogen-bond donors (Lipinski definition) is 1. The van der Waals surface area contributed by atoms with Gasteiger partial charge in [0.1, 0.15) is 30.3 Å². The Kier molecular flexibility index (Phi) is 11.1. The van der Waals surface area contributed by atoms with Gasteiger partial charge in [0.2, 0.25) is 0 Å². The second kappa shape index (κ2) is 15.1. The number of fused-ring (bicyclic) bond motifs is 1. The van der Waals surface area contributed by atoms with E-state index in [1.165, 1.54) is 18.5 Å². The Morgan fingerprint density at radius 1 is 1.02 bits per heavy atom. The first-order valence-electron chi connectivity index (χ1n) is 14.1. The Labute approximate surface area is 251 Å². The lowest BCUT2D eigenvalue weighted by molar-refractivity contribution is 0.306. The van der Waals surface area contributed by atoms with Crippen molar-refractivity contribution < 1.29 is 13.9 Å². The Balaban J connectivity index is 0.000000624. The summed E-state index contributed by atoms with van der Waals surface area (Å²) in [7, 11) is 0. The lowest BCUT2D eigenvalue weighted by Crippen LogP contribution is -2.00. The molecule has 0 spiro atoms. The second-order valence-electron chi connectivity index (χ2n) is 9.36. The SMILES string of the molecule is CC.CC=CC.Fc1cccc(COc2ccc(Nc3ncnc4ccc(-c5ccn(CC6CO6)c5)cc34)cc2Cl)c1. The number of benzene rings is 3. The van der Waals surface area contributed by atoms with Crippen LogP contribution in [0.1, 0.15) is 33.3 Å². The van der Waals surface area contributed by atoms with Gasteiger partial charge in [-0.3, -0.25) is 0 Å². The first-order chi connectivity index (χ1) is 20.5. The van der Waals surface area contributed by atoms with Crippen LogP contribution in [-0.4, -0.2) is 27.2 Å². The van der Waals surface area contributed by atoms with E-state index in [0.29, 0.717) is 22.7 Å². The molecule has 3 heterocycles. The molecule has 42 heavy (non-hydrogen) atoms. The molecule has 8 heteroatoms. The van der Waals surface area contributed by atoms with Crippen LogP contribution in [0, 0.1) is 5.82 Å². The summed E-state index contributed by atoms with van der Waals surface area (Å²) in [6, 6.07) is 20.0. The van der Waals surface area contributed by atoms with Crippen LogP contribution in [0.5, 0.6) is 5.75 Å². The Bertz CT molecular complexity index is 1630. The zero-order valence-electron chi connectivity index (χ0n) is 24.4. The van der Waals surface area contributed by atoms with E-state index in [1.807, 2.05) is 52.0 Å². The number of allylic oxidation sites excluding steroid dienone is 2. The number of aromatic nitrogens is 3. The molecule has 0 amide bonds. The first-order valence-corrected chi connectivity index (χ1v) is 14.4. The molecule has 1 aliphatic rings. The van der Waals surface area contributed by atoms with Gasteiger partial charge >= 0.3 is 0 Å². The Morgan fingerprint density at radius 2 is 1.83 bits per heavy atom. The van der Waals surface area contributed by atoms with Crippen molar-refractivity contribution in [3.05, 3.63) is 114 Å². The van der Waals surface area contributed by atoms with E-state index in [4.69, 9.17) is 21.1 Å². The van der Waals surface area contributed by atoms with Crippen molar-refractivity contribution in [1.29, 1.82) is 0 Å². The highest BCUT2D eigenvalue weighted by Crippen LogP contribution is 2.32. The third-order valence-corrected chi connectivity index (χ3v) is 6.64. The fourth-order valence-corrected chi connectivity index (χ4v) is 4.32. The van der Waals surface area contributed by atoms with E-state index in [0.717, 1.165) is 46.4 Å². The molecule has 1 aliphatic heterocycles. The van der Waals surface area contributed by atoms with Crippen molar-refractivity contribution >= 4 is 34.0 Å². The molecular formula is C34H36ClFN4O2. The fraction of sp³-hybridized carbons (Fsp3) is 0.235. The van der Waals surface area contributed by atoms with E-state index in [1.54, 1.807) is 24.3 Å². The molecular weight excluding hydrogens is 551 g/mol. The molecule has 0 radical (unpaired) electrons. The van der Waals surface area contributed by atoms with Crippen LogP contribution >= 0.6 is 11.6 Å². The van der Waals surface area contributed by atoms with Crippen molar-refractivity contribution in [2.24, 2.45) is 0 Å². The molecule has 6 rings (SSSR count). The van der Waals surface area contributed by atoms with Crippen LogP contribution in [0.25, 0.3) is 22.0 Å². The summed E-state index contributed by atoms with van der Waals surface area (Å²) in [5, 5.41) is 4.69. The summed E-state index contributed by atoms with van der Waals surface area (Å²) in [5.74, 6) is 0.895. The molecule has 3 aromatic carbocycles. The maximum absolute atomic E-state index is 13.4. The smallest absolute Gasteiger partial charge is 0.141 e. The summed E-state index contributed by atoms with van der Waals surface area (Å²) in [4.78, 5) is 8.89. The van der Waals surface area contributed by atoms with Crippen molar-refractivity contribution in [3.63, 3.8) is 0 Å². The third kappa shape index (κ3) is 8.41. The largest absolute Gasteiger partial charge is 0.487 e. The summed E-state index contributed by atoms with van der Waals surface area (Å²) >= 11 is 6.48. The quantitative estimate of drug-likeness (QED) is 0.145. The number of nitrogens with one attached hydrogen (secondary N) is 1. The van der Waals surface area contributed by atoms with Crippen LogP contribution in [0.15, 0.2) is 97.6 Å². The molecule has 0 bridgehead atoms. The van der Waals surface area contributed by atoms with E-state index >= 15 is 0 Å². The second-order valence-corrected chi connectivity index (χ2v) is 9.77. The van der Waals surface area contributed by atoms with Crippen molar-refractivity contribution in [3.8, 4) is 16.9 Å². The van der Waals surface area contributed by atoms with Crippen LogP contribution in [0.2, 0.25) is 5.02 Å². The van der Waals surface area contributed by atoms with Gasteiger partial charge in [-0.25, -0.2) is 14.4 Å². The van der Waals surface area contributed by atoms with Crippen LogP contribution in [0.4, 0.5) is 15.9 Å². The van der Waals surface area contributed by atoms with Crippen LogP contribution in [-0.2, 0) is 17.9 Å². The summed E-state index contributed by atoms with van der Waals surface area (Å²) in [5.41, 5.74) is 4.53. The number of anilines is 2. The van der Waals surface area contributed by atoms with E-state index in [9.17, 15) is 4.39 Å². The van der Waals surface area contributed by atoms with Gasteiger partial charge < -0.3 is 19.4 Å². The highest BCUT2D eigenvalue weighted by Gasteiger charge is 2.22. The summed E-state index contributed by atoms with van der Waals surface area (Å²) < 4.78 is 26.7. The molecule has 6 nitrogen and oxygen atoms in total. The molecule has 2 aromatic heterocycles. The number of ether oxygens (including phenoxy) is 2. The third-order valence-electron chi connectivity index (χ3n) is 6.35. The van der Waals surface area contributed by atoms with Crippen molar-refractivity contribution in [1.82, 2.24) is 14.5 Å². The Hall–Kier alpha value is -4.20. The molecule has 1 saturated heterocycles. The lowest BCUT2D eigenvalue weighted by atomic mass is 10.1. The van der Waals surface area contributed by atoms with Crippen molar-refractivity contribution in [2.75, 3.05) is 11.9 Å². The van der Waals surface area contributed by atoms with Gasteiger partial charge in [0.25, 0.3) is 0 Å². The van der Waals surface area contributed by atoms with Gasteiger partial charge in [-0.1, -0.05) is 55.8 Å².